The largest absolute Gasteiger partial charge is 0.480 e. The van der Waals surface area contributed by atoms with Gasteiger partial charge in [0.2, 0.25) is 11.8 Å². The van der Waals surface area contributed by atoms with Crippen LogP contribution in [-0.2, 0) is 14.8 Å². The van der Waals surface area contributed by atoms with E-state index in [1.54, 1.807) is 36.5 Å². The van der Waals surface area contributed by atoms with E-state index >= 15 is 0 Å². The van der Waals surface area contributed by atoms with Gasteiger partial charge in [-0.2, -0.15) is 0 Å². The summed E-state index contributed by atoms with van der Waals surface area (Å²) in [7, 11) is -1.06. The molecule has 0 unspecified atom stereocenters. The maximum atomic E-state index is 13.7. The Morgan fingerprint density at radius 2 is 1.63 bits per heavy atom. The maximum Gasteiger partial charge on any atom is 0.269 e. The number of fused-ring (bicyclic) bond motifs is 1. The molecular weight excluding hydrogens is 540 g/mol. The van der Waals surface area contributed by atoms with Crippen LogP contribution < -0.4 is 19.7 Å². The van der Waals surface area contributed by atoms with Gasteiger partial charge in [-0.05, 0) is 60.2 Å². The summed E-state index contributed by atoms with van der Waals surface area (Å²) in [4.78, 5) is 11.2. The number of para-hydroxylation sites is 1. The molecule has 41 heavy (non-hydrogen) atoms. The molecule has 0 radical (unpaired) electrons. The van der Waals surface area contributed by atoms with E-state index in [2.05, 4.69) is 27.0 Å². The molecule has 0 aliphatic carbocycles. The van der Waals surface area contributed by atoms with Crippen LogP contribution in [0, 0.1) is 0 Å². The number of rotatable bonds is 7. The lowest BCUT2D eigenvalue weighted by Crippen LogP contribution is -2.36. The number of methoxy groups -OCH3 is 1. The zero-order chi connectivity index (χ0) is 28.6. The summed E-state index contributed by atoms with van der Waals surface area (Å²) in [6.07, 6.45) is 1.60. The Labute approximate surface area is 238 Å². The zero-order valence-electron chi connectivity index (χ0n) is 22.8. The first-order chi connectivity index (χ1) is 19.9. The number of nitrogens with two attached hydrogens (primary N) is 1. The second-order valence-electron chi connectivity index (χ2n) is 9.66. The first-order valence-electron chi connectivity index (χ1n) is 13.2. The molecule has 0 atom stereocenters. The molecular formula is C30H30N6O4S. The van der Waals surface area contributed by atoms with Gasteiger partial charge in [0.1, 0.15) is 0 Å². The smallest absolute Gasteiger partial charge is 0.269 e. The lowest BCUT2D eigenvalue weighted by atomic mass is 10.1. The molecule has 1 aliphatic heterocycles. The predicted molar refractivity (Wildman–Crippen MR) is 160 cm³/mol. The molecule has 210 valence electrons. The summed E-state index contributed by atoms with van der Waals surface area (Å²) in [6, 6.07) is 24.3. The summed E-state index contributed by atoms with van der Waals surface area (Å²) >= 11 is 0. The van der Waals surface area contributed by atoms with Crippen molar-refractivity contribution in [1.29, 1.82) is 0 Å². The molecule has 5 aromatic rings. The van der Waals surface area contributed by atoms with Gasteiger partial charge >= 0.3 is 0 Å². The quantitative estimate of drug-likeness (QED) is 0.307. The highest BCUT2D eigenvalue weighted by molar-refractivity contribution is 7.92. The molecule has 6 rings (SSSR count). The van der Waals surface area contributed by atoms with Crippen LogP contribution in [0.15, 0.2) is 90.0 Å². The molecule has 2 N–H and O–H groups in total. The Morgan fingerprint density at radius 1 is 0.927 bits per heavy atom. The zero-order valence-corrected chi connectivity index (χ0v) is 23.6. The summed E-state index contributed by atoms with van der Waals surface area (Å²) in [5.41, 5.74) is 11.8. The van der Waals surface area contributed by atoms with E-state index in [9.17, 15) is 8.42 Å². The minimum atomic E-state index is -3.97. The summed E-state index contributed by atoms with van der Waals surface area (Å²) in [5.74, 6) is 0.379. The minimum absolute atomic E-state index is 0.0206. The highest BCUT2D eigenvalue weighted by Gasteiger charge is 2.27. The van der Waals surface area contributed by atoms with Crippen molar-refractivity contribution in [2.45, 2.75) is 4.90 Å². The van der Waals surface area contributed by atoms with Crippen molar-refractivity contribution in [3.63, 3.8) is 0 Å². The molecule has 1 aliphatic rings. The van der Waals surface area contributed by atoms with Gasteiger partial charge in [0.15, 0.2) is 4.90 Å². The van der Waals surface area contributed by atoms with Crippen LogP contribution in [0.25, 0.3) is 27.8 Å². The molecule has 3 heterocycles. The van der Waals surface area contributed by atoms with E-state index < -0.39 is 10.0 Å². The third-order valence-corrected chi connectivity index (χ3v) is 9.05. The number of aromatic nitrogens is 3. The number of ether oxygens (including phenoxy) is 2. The number of nitrogen functional groups attached to an aromatic ring is 1. The number of morpholine rings is 1. The van der Waals surface area contributed by atoms with Crippen molar-refractivity contribution < 1.29 is 17.9 Å². The number of hydrogen-bond acceptors (Lipinski definition) is 8. The maximum absolute atomic E-state index is 13.7. The minimum Gasteiger partial charge on any atom is -0.480 e. The number of nitrogens with zero attached hydrogens (tertiary/aromatic N) is 5. The Hall–Kier alpha value is -4.61. The van der Waals surface area contributed by atoms with Gasteiger partial charge in [-0.3, -0.25) is 8.87 Å². The van der Waals surface area contributed by atoms with Crippen LogP contribution in [0.2, 0.25) is 0 Å². The fourth-order valence-corrected chi connectivity index (χ4v) is 6.36. The molecule has 10 nitrogen and oxygen atoms in total. The van der Waals surface area contributed by atoms with Crippen molar-refractivity contribution in [2.24, 2.45) is 0 Å². The van der Waals surface area contributed by atoms with Crippen molar-refractivity contribution in [3.05, 3.63) is 85.1 Å². The SMILES string of the molecule is COc1ncc(-c2ccc3nc(N)n(-c4ccc(N5CCOCC5)cc4)c3c2)cc1S(=O)(=O)N(C)c1ccccc1. The molecule has 0 saturated carbocycles. The van der Waals surface area contributed by atoms with Crippen LogP contribution in [-0.4, -0.2) is 63.4 Å². The van der Waals surface area contributed by atoms with E-state index in [0.717, 1.165) is 54.3 Å². The lowest BCUT2D eigenvalue weighted by molar-refractivity contribution is 0.122. The van der Waals surface area contributed by atoms with Crippen LogP contribution >= 0.6 is 0 Å². The van der Waals surface area contributed by atoms with Crippen molar-refractivity contribution in [2.75, 3.05) is 55.4 Å². The van der Waals surface area contributed by atoms with Gasteiger partial charge in [-0.25, -0.2) is 18.4 Å². The highest BCUT2D eigenvalue weighted by atomic mass is 32.2. The number of anilines is 3. The molecule has 0 spiro atoms. The van der Waals surface area contributed by atoms with Gasteiger partial charge in [0.25, 0.3) is 10.0 Å². The molecule has 1 saturated heterocycles. The first-order valence-corrected chi connectivity index (χ1v) is 14.6. The molecule has 11 heteroatoms. The lowest BCUT2D eigenvalue weighted by Gasteiger charge is -2.29. The molecule has 0 amide bonds. The fraction of sp³-hybridized carbons (Fsp3) is 0.200. The molecule has 2 aromatic heterocycles. The highest BCUT2D eigenvalue weighted by Crippen LogP contribution is 2.34. The standard InChI is InChI=1S/C30H30N6O4S/c1-34(23-6-4-3-5-7-23)41(37,38)28-19-22(20-32-29(28)39-2)21-8-13-26-27(18-21)36(30(31)33-26)25-11-9-24(10-12-25)35-14-16-40-17-15-35/h3-13,18-20H,14-17H2,1-2H3,(H2,31,33). The first kappa shape index (κ1) is 26.6. The molecule has 1 fully saturated rings. The van der Waals surface area contributed by atoms with Gasteiger partial charge in [0.05, 0.1) is 37.0 Å². The summed E-state index contributed by atoms with van der Waals surface area (Å²) < 4.78 is 41.2. The van der Waals surface area contributed by atoms with Crippen molar-refractivity contribution in [3.8, 4) is 22.7 Å². The number of benzene rings is 3. The second-order valence-corrected chi connectivity index (χ2v) is 11.6. The number of imidazole rings is 1. The van der Waals surface area contributed by atoms with E-state index in [0.29, 0.717) is 17.2 Å². The Balaban J connectivity index is 1.39. The topological polar surface area (TPSA) is 116 Å². The van der Waals surface area contributed by atoms with Crippen molar-refractivity contribution >= 4 is 38.4 Å². The van der Waals surface area contributed by atoms with E-state index in [-0.39, 0.29) is 10.8 Å². The van der Waals surface area contributed by atoms with E-state index in [1.165, 1.54) is 18.5 Å². The van der Waals surface area contributed by atoms with Crippen LogP contribution in [0.3, 0.4) is 0 Å². The summed E-state index contributed by atoms with van der Waals surface area (Å²) in [6.45, 7) is 3.14. The fourth-order valence-electron chi connectivity index (χ4n) is 5.03. The normalized spacial score (nSPS) is 13.9. The van der Waals surface area contributed by atoms with Crippen molar-refractivity contribution in [1.82, 2.24) is 14.5 Å². The Bertz CT molecular complexity index is 1800. The monoisotopic (exact) mass is 570 g/mol. The average molecular weight is 571 g/mol. The average Bonchev–Trinajstić information content (AvgIpc) is 3.36. The summed E-state index contributed by atoms with van der Waals surface area (Å²) in [5, 5.41) is 0. The van der Waals surface area contributed by atoms with Crippen LogP contribution in [0.1, 0.15) is 0 Å². The number of sulfonamides is 1. The molecule has 3 aromatic carbocycles. The van der Waals surface area contributed by atoms with Crippen LogP contribution in [0.5, 0.6) is 5.88 Å². The Kier molecular flexibility index (Phi) is 6.98. The third-order valence-electron chi connectivity index (χ3n) is 7.27. The van der Waals surface area contributed by atoms with E-state index in [4.69, 9.17) is 15.2 Å². The third kappa shape index (κ3) is 4.94. The van der Waals surface area contributed by atoms with Gasteiger partial charge in [-0.15, -0.1) is 0 Å². The Morgan fingerprint density at radius 3 is 2.34 bits per heavy atom. The van der Waals surface area contributed by atoms with Gasteiger partial charge in [-0.1, -0.05) is 24.3 Å². The number of hydrogen-bond donors (Lipinski definition) is 1. The van der Waals surface area contributed by atoms with Gasteiger partial charge < -0.3 is 20.1 Å². The molecule has 0 bridgehead atoms. The predicted octanol–water partition coefficient (Wildman–Crippen LogP) is 4.34. The van der Waals surface area contributed by atoms with E-state index in [1.807, 2.05) is 41.0 Å². The number of pyridine rings is 1. The van der Waals surface area contributed by atoms with Gasteiger partial charge in [0, 0.05) is 43.3 Å². The second kappa shape index (κ2) is 10.8. The van der Waals surface area contributed by atoms with Crippen LogP contribution in [0.4, 0.5) is 17.3 Å².